The van der Waals surface area contributed by atoms with Crippen molar-refractivity contribution in [3.8, 4) is 0 Å². The van der Waals surface area contributed by atoms with Crippen molar-refractivity contribution in [1.82, 2.24) is 15.5 Å². The maximum Gasteiger partial charge on any atom is 0.225 e. The molecule has 0 aromatic heterocycles. The normalized spacial score (nSPS) is 22.1. The average molecular weight is 438 g/mol. The predicted octanol–water partition coefficient (Wildman–Crippen LogP) is 1.60. The maximum atomic E-state index is 12.5. The van der Waals surface area contributed by atoms with Crippen LogP contribution in [0.25, 0.3) is 0 Å². The minimum absolute atomic E-state index is 0. The van der Waals surface area contributed by atoms with Crippen molar-refractivity contribution in [3.05, 3.63) is 0 Å². The molecule has 0 radical (unpaired) electrons. The number of halogens is 1. The van der Waals surface area contributed by atoms with Crippen LogP contribution in [-0.4, -0.2) is 62.7 Å². The first-order valence-corrected chi connectivity index (χ1v) is 8.57. The van der Waals surface area contributed by atoms with E-state index in [1.165, 1.54) is 12.8 Å². The molecule has 1 saturated heterocycles. The largest absolute Gasteiger partial charge is 0.383 e. The summed E-state index contributed by atoms with van der Waals surface area (Å²) in [5, 5.41) is 6.69. The Morgan fingerprint density at radius 3 is 2.70 bits per heavy atom. The molecule has 0 aromatic carbocycles. The van der Waals surface area contributed by atoms with Gasteiger partial charge in [-0.25, -0.2) is 0 Å². The zero-order valence-corrected chi connectivity index (χ0v) is 16.7. The third kappa shape index (κ3) is 6.45. The summed E-state index contributed by atoms with van der Waals surface area (Å²) in [6, 6.07) is 0.297. The van der Waals surface area contributed by atoms with Gasteiger partial charge >= 0.3 is 0 Å². The van der Waals surface area contributed by atoms with Gasteiger partial charge in [0, 0.05) is 38.7 Å². The lowest BCUT2D eigenvalue weighted by Gasteiger charge is -2.21. The van der Waals surface area contributed by atoms with Crippen LogP contribution in [0, 0.1) is 5.92 Å². The molecule has 1 unspecified atom stereocenters. The van der Waals surface area contributed by atoms with E-state index in [-0.39, 0.29) is 29.9 Å². The zero-order valence-electron chi connectivity index (χ0n) is 14.3. The lowest BCUT2D eigenvalue weighted by atomic mass is 10.1. The van der Waals surface area contributed by atoms with E-state index in [2.05, 4.69) is 22.5 Å². The number of hydrogen-bond donors (Lipinski definition) is 2. The highest BCUT2D eigenvalue weighted by molar-refractivity contribution is 14.0. The number of rotatable bonds is 6. The van der Waals surface area contributed by atoms with Crippen molar-refractivity contribution < 1.29 is 9.53 Å². The lowest BCUT2D eigenvalue weighted by Crippen LogP contribution is -2.45. The molecule has 2 rings (SSSR count). The van der Waals surface area contributed by atoms with Crippen molar-refractivity contribution in [3.63, 3.8) is 0 Å². The van der Waals surface area contributed by atoms with Crippen LogP contribution in [0.15, 0.2) is 4.99 Å². The summed E-state index contributed by atoms with van der Waals surface area (Å²) in [6.45, 7) is 5.81. The van der Waals surface area contributed by atoms with E-state index in [1.54, 1.807) is 7.11 Å². The van der Waals surface area contributed by atoms with Crippen molar-refractivity contribution in [2.75, 3.05) is 39.9 Å². The molecule has 6 nitrogen and oxygen atoms in total. The van der Waals surface area contributed by atoms with Gasteiger partial charge in [-0.05, 0) is 26.2 Å². The summed E-state index contributed by atoms with van der Waals surface area (Å²) in [4.78, 5) is 19.0. The van der Waals surface area contributed by atoms with Gasteiger partial charge in [-0.1, -0.05) is 12.8 Å². The molecule has 134 valence electrons. The smallest absolute Gasteiger partial charge is 0.225 e. The van der Waals surface area contributed by atoms with Crippen LogP contribution < -0.4 is 10.6 Å². The number of guanidine groups is 1. The van der Waals surface area contributed by atoms with Crippen LogP contribution in [0.3, 0.4) is 0 Å². The van der Waals surface area contributed by atoms with Gasteiger partial charge in [0.2, 0.25) is 5.91 Å². The first kappa shape index (κ1) is 20.5. The quantitative estimate of drug-likeness (QED) is 0.286. The van der Waals surface area contributed by atoms with Crippen LogP contribution >= 0.6 is 24.0 Å². The van der Waals surface area contributed by atoms with E-state index >= 15 is 0 Å². The molecule has 23 heavy (non-hydrogen) atoms. The van der Waals surface area contributed by atoms with Gasteiger partial charge in [-0.2, -0.15) is 0 Å². The predicted molar refractivity (Wildman–Crippen MR) is 103 cm³/mol. The number of carbonyl (C=O) groups excluding carboxylic acids is 1. The second kappa shape index (κ2) is 11.1. The summed E-state index contributed by atoms with van der Waals surface area (Å²) < 4.78 is 5.03. The molecule has 0 bridgehead atoms. The van der Waals surface area contributed by atoms with Crippen LogP contribution in [-0.2, 0) is 9.53 Å². The molecule has 0 spiro atoms. The van der Waals surface area contributed by atoms with Crippen LogP contribution in [0.4, 0.5) is 0 Å². The Morgan fingerprint density at radius 1 is 1.30 bits per heavy atom. The van der Waals surface area contributed by atoms with Gasteiger partial charge in [0.05, 0.1) is 13.2 Å². The molecule has 2 fully saturated rings. The standard InChI is InChI=1S/C16H30N4O2.HI/c1-3-17-16(18-9-11-22-2)19-14-8-10-20(12-14)15(21)13-6-4-5-7-13;/h13-14H,3-12H2,1-2H3,(H2,17,18,19);1H. The molecule has 1 atom stereocenters. The molecule has 2 N–H and O–H groups in total. The number of methoxy groups -OCH3 is 1. The van der Waals surface area contributed by atoms with E-state index in [1.807, 2.05) is 4.90 Å². The molecule has 7 heteroatoms. The molecule has 2 aliphatic rings. The van der Waals surface area contributed by atoms with Gasteiger partial charge in [-0.15, -0.1) is 24.0 Å². The van der Waals surface area contributed by atoms with Gasteiger partial charge in [-0.3, -0.25) is 9.79 Å². The summed E-state index contributed by atoms with van der Waals surface area (Å²) in [5.74, 6) is 1.46. The SMILES string of the molecule is CCNC(=NCCOC)NC1CCN(C(=O)C2CCCC2)C1.I. The fraction of sp³-hybridized carbons (Fsp3) is 0.875. The number of ether oxygens (including phenoxy) is 1. The average Bonchev–Trinajstić information content (AvgIpc) is 3.18. The highest BCUT2D eigenvalue weighted by atomic mass is 127. The van der Waals surface area contributed by atoms with E-state index in [4.69, 9.17) is 4.74 Å². The molecule has 1 amide bonds. The lowest BCUT2D eigenvalue weighted by molar-refractivity contribution is -0.134. The summed E-state index contributed by atoms with van der Waals surface area (Å²) in [7, 11) is 1.68. The minimum atomic E-state index is 0. The molecule has 1 aliphatic carbocycles. The van der Waals surface area contributed by atoms with Crippen LogP contribution in [0.2, 0.25) is 0 Å². The van der Waals surface area contributed by atoms with Crippen molar-refractivity contribution in [2.45, 2.75) is 45.1 Å². The Labute approximate surface area is 156 Å². The molecule has 1 aliphatic heterocycles. The Balaban J connectivity index is 0.00000264. The number of likely N-dealkylation sites (tertiary alicyclic amines) is 1. The molecule has 0 aromatic rings. The van der Waals surface area contributed by atoms with E-state index < -0.39 is 0 Å². The maximum absolute atomic E-state index is 12.5. The van der Waals surface area contributed by atoms with Crippen molar-refractivity contribution in [1.29, 1.82) is 0 Å². The Hall–Kier alpha value is -0.570. The minimum Gasteiger partial charge on any atom is -0.383 e. The highest BCUT2D eigenvalue weighted by Gasteiger charge is 2.32. The summed E-state index contributed by atoms with van der Waals surface area (Å²) in [5.41, 5.74) is 0. The van der Waals surface area contributed by atoms with Crippen LogP contribution in [0.1, 0.15) is 39.0 Å². The van der Waals surface area contributed by atoms with Crippen molar-refractivity contribution in [2.24, 2.45) is 10.9 Å². The topological polar surface area (TPSA) is 66.0 Å². The molecular formula is C16H31IN4O2. The van der Waals surface area contributed by atoms with Crippen molar-refractivity contribution >= 4 is 35.8 Å². The Kier molecular flexibility index (Phi) is 9.85. The number of hydrogen-bond acceptors (Lipinski definition) is 3. The third-order valence-corrected chi connectivity index (χ3v) is 4.45. The van der Waals surface area contributed by atoms with E-state index in [0.29, 0.717) is 25.1 Å². The molecular weight excluding hydrogens is 407 g/mol. The molecule has 1 heterocycles. The van der Waals surface area contributed by atoms with E-state index in [0.717, 1.165) is 44.9 Å². The number of nitrogens with zero attached hydrogens (tertiary/aromatic N) is 2. The first-order chi connectivity index (χ1) is 10.7. The fourth-order valence-corrected chi connectivity index (χ4v) is 3.27. The second-order valence-electron chi connectivity index (χ2n) is 6.15. The fourth-order valence-electron chi connectivity index (χ4n) is 3.27. The Morgan fingerprint density at radius 2 is 2.04 bits per heavy atom. The Bertz CT molecular complexity index is 386. The molecule has 1 saturated carbocycles. The first-order valence-electron chi connectivity index (χ1n) is 8.57. The van der Waals surface area contributed by atoms with Gasteiger partial charge in [0.25, 0.3) is 0 Å². The zero-order chi connectivity index (χ0) is 15.8. The van der Waals surface area contributed by atoms with E-state index in [9.17, 15) is 4.79 Å². The summed E-state index contributed by atoms with van der Waals surface area (Å²) >= 11 is 0. The monoisotopic (exact) mass is 438 g/mol. The van der Waals surface area contributed by atoms with Gasteiger partial charge in [0.1, 0.15) is 0 Å². The second-order valence-corrected chi connectivity index (χ2v) is 6.15. The highest BCUT2D eigenvalue weighted by Crippen LogP contribution is 2.27. The number of aliphatic imine (C=N–C) groups is 1. The van der Waals surface area contributed by atoms with Gasteiger partial charge < -0.3 is 20.3 Å². The van der Waals surface area contributed by atoms with Gasteiger partial charge in [0.15, 0.2) is 5.96 Å². The third-order valence-electron chi connectivity index (χ3n) is 4.45. The number of nitrogens with one attached hydrogen (secondary N) is 2. The number of carbonyl (C=O) groups is 1. The number of amides is 1. The summed E-state index contributed by atoms with van der Waals surface area (Å²) in [6.07, 6.45) is 5.57. The van der Waals surface area contributed by atoms with Crippen LogP contribution in [0.5, 0.6) is 0 Å².